The molecule has 2 aromatic rings. The Hall–Kier alpha value is -4.30. The van der Waals surface area contributed by atoms with Crippen LogP contribution >= 0.6 is 0 Å². The van der Waals surface area contributed by atoms with Gasteiger partial charge in [0.2, 0.25) is 6.29 Å². The number of benzene rings is 2. The summed E-state index contributed by atoms with van der Waals surface area (Å²) in [7, 11) is 2.64. The second kappa shape index (κ2) is 27.0. The van der Waals surface area contributed by atoms with Crippen LogP contribution in [0.4, 0.5) is 0 Å². The zero-order valence-electron chi connectivity index (χ0n) is 49.3. The number of ether oxygens (including phenoxy) is 14. The number of phenols is 2. The van der Waals surface area contributed by atoms with Crippen molar-refractivity contribution in [3.8, 4) is 17.2 Å². The van der Waals surface area contributed by atoms with Gasteiger partial charge in [0.25, 0.3) is 0 Å². The molecule has 0 spiro atoms. The smallest absolute Gasteiger partial charge is 0.308 e. The second-order valence-electron chi connectivity index (χ2n) is 23.7. The maximum Gasteiger partial charge on any atom is 0.308 e. The van der Waals surface area contributed by atoms with Gasteiger partial charge in [-0.1, -0.05) is 13.8 Å². The number of rotatable bonds is 19. The summed E-state index contributed by atoms with van der Waals surface area (Å²) in [4.78, 5) is 53.8. The van der Waals surface area contributed by atoms with E-state index in [2.05, 4.69) is 0 Å². The summed E-state index contributed by atoms with van der Waals surface area (Å²) in [6, 6.07) is 4.20. The number of hydrogen-bond acceptors (Lipinski definition) is 26. The van der Waals surface area contributed by atoms with Crippen LogP contribution in [0.2, 0.25) is 0 Å². The summed E-state index contributed by atoms with van der Waals surface area (Å²) in [6.45, 7) is 15.4. The number of phenolic OH excluding ortho intramolecular Hbond substituents is 2. The molecule has 1 aliphatic carbocycles. The highest BCUT2D eigenvalue weighted by atomic mass is 16.7. The standard InChI is InChI=1S/C58H84O26/c1-22(2)57(69)84-56-28(8)77-43(21-58(56,10)70)81-37-18-41(73-24(4)48(37)65)80-36-19-42(74-25(5)47(36)64)83-55-33(54(72-12)51(68)46(63)23(3)59)15-31-13-30-14-32(16-34(61)44(30)49(66)45(31)50(55)67)79-40-20-38(53(27(7)76-40)78-29(9)60)82-39-17-35(62)52(71-11)26(6)75-39/h13-14,16,22-28,33,35-43,46-48,52-56,59,61-66,70H,15,17-21H2,1-12H3/t23-,24-,25-,26-,27-,28+,33+,35-,36-,37-,38-,39-,40+,41+,42+,43+,46+,47-,48-,52+,53+,54+,55+,56+,58+/m1/s1. The van der Waals surface area contributed by atoms with Crippen molar-refractivity contribution in [1.29, 1.82) is 0 Å². The summed E-state index contributed by atoms with van der Waals surface area (Å²) in [5.41, 5.74) is -1.66. The van der Waals surface area contributed by atoms with Crippen LogP contribution in [0.1, 0.15) is 117 Å². The first kappa shape index (κ1) is 65.7. The van der Waals surface area contributed by atoms with E-state index in [0.717, 1.165) is 0 Å². The first-order valence-electron chi connectivity index (χ1n) is 28.7. The Morgan fingerprint density at radius 1 is 0.690 bits per heavy atom. The van der Waals surface area contributed by atoms with E-state index in [1.807, 2.05) is 0 Å². The highest BCUT2D eigenvalue weighted by Gasteiger charge is 2.53. The average molecular weight is 1200 g/mol. The number of methoxy groups -OCH3 is 2. The van der Waals surface area contributed by atoms with Gasteiger partial charge in [0.1, 0.15) is 65.6 Å². The molecule has 8 rings (SSSR count). The van der Waals surface area contributed by atoms with Gasteiger partial charge < -0.3 is 107 Å². The first-order valence-corrected chi connectivity index (χ1v) is 28.7. The fraction of sp³-hybridized carbons (Fsp3) is 0.759. The molecule has 0 amide bonds. The Morgan fingerprint density at radius 3 is 1.81 bits per heavy atom. The number of aromatic hydroxyl groups is 2. The van der Waals surface area contributed by atoms with Gasteiger partial charge in [0, 0.05) is 65.2 Å². The van der Waals surface area contributed by atoms with Crippen LogP contribution in [-0.2, 0) is 82.4 Å². The van der Waals surface area contributed by atoms with Crippen molar-refractivity contribution >= 4 is 34.3 Å². The molecule has 0 radical (unpaired) electrons. The Kier molecular flexibility index (Phi) is 21.1. The lowest BCUT2D eigenvalue weighted by molar-refractivity contribution is -0.334. The van der Waals surface area contributed by atoms with Crippen molar-refractivity contribution in [2.45, 2.75) is 255 Å². The summed E-state index contributed by atoms with van der Waals surface area (Å²) in [5, 5.41) is 89.9. The van der Waals surface area contributed by atoms with Gasteiger partial charge in [-0.05, 0) is 78.0 Å². The fourth-order valence-electron chi connectivity index (χ4n) is 12.3. The molecule has 5 heterocycles. The normalized spacial score (nSPS) is 39.5. The molecule has 0 aromatic heterocycles. The number of carbonyl (C=O) groups is 4. The third kappa shape index (κ3) is 14.3. The van der Waals surface area contributed by atoms with Crippen LogP contribution in [0.3, 0.4) is 0 Å². The number of fused-ring (bicyclic) bond motifs is 2. The zero-order chi connectivity index (χ0) is 61.5. The number of esters is 2. The molecule has 5 fully saturated rings. The number of carbonyl (C=O) groups excluding carboxylic acids is 4. The van der Waals surface area contributed by atoms with E-state index in [1.54, 1.807) is 41.5 Å². The highest BCUT2D eigenvalue weighted by molar-refractivity contribution is 6.11. The Bertz CT molecular complexity index is 2620. The lowest BCUT2D eigenvalue weighted by Crippen LogP contribution is -2.59. The minimum Gasteiger partial charge on any atom is -0.507 e. The van der Waals surface area contributed by atoms with Crippen molar-refractivity contribution in [1.82, 2.24) is 0 Å². The van der Waals surface area contributed by atoms with E-state index in [-0.39, 0.29) is 66.2 Å². The molecule has 8 N–H and O–H groups in total. The van der Waals surface area contributed by atoms with E-state index in [0.29, 0.717) is 0 Å². The number of aliphatic hydroxyl groups excluding tert-OH is 5. The number of aliphatic hydroxyl groups is 6. The maximum absolute atomic E-state index is 15.1. The number of ketones is 2. The van der Waals surface area contributed by atoms with E-state index < -0.39 is 194 Å². The Morgan fingerprint density at radius 2 is 1.24 bits per heavy atom. The summed E-state index contributed by atoms with van der Waals surface area (Å²) in [6.07, 6.45) is -25.9. The molecule has 5 aliphatic heterocycles. The van der Waals surface area contributed by atoms with Crippen LogP contribution in [-0.4, -0.2) is 225 Å². The monoisotopic (exact) mass is 1200 g/mol. The molecular formula is C58H84O26. The van der Waals surface area contributed by atoms with Crippen LogP contribution in [0.15, 0.2) is 18.2 Å². The predicted octanol–water partition coefficient (Wildman–Crippen LogP) is 1.87. The molecule has 6 aliphatic rings. The zero-order valence-corrected chi connectivity index (χ0v) is 49.3. The molecule has 0 saturated carbocycles. The van der Waals surface area contributed by atoms with E-state index in [4.69, 9.17) is 66.3 Å². The Labute approximate surface area is 486 Å². The Balaban J connectivity index is 1.02. The molecule has 2 aromatic carbocycles. The van der Waals surface area contributed by atoms with E-state index in [9.17, 15) is 55.2 Å². The van der Waals surface area contributed by atoms with Gasteiger partial charge in [-0.25, -0.2) is 0 Å². The van der Waals surface area contributed by atoms with Crippen molar-refractivity contribution in [2.24, 2.45) is 11.8 Å². The molecule has 0 bridgehead atoms. The van der Waals surface area contributed by atoms with Crippen LogP contribution in [0.25, 0.3) is 10.8 Å². The van der Waals surface area contributed by atoms with E-state index >= 15 is 4.79 Å². The van der Waals surface area contributed by atoms with Gasteiger partial charge in [0.15, 0.2) is 48.9 Å². The van der Waals surface area contributed by atoms with Gasteiger partial charge in [-0.3, -0.25) is 19.2 Å². The minimum absolute atomic E-state index is 0.0249. The van der Waals surface area contributed by atoms with Crippen LogP contribution < -0.4 is 4.74 Å². The lowest BCUT2D eigenvalue weighted by Gasteiger charge is -2.47. The second-order valence-corrected chi connectivity index (χ2v) is 23.7. The molecule has 472 valence electrons. The predicted molar refractivity (Wildman–Crippen MR) is 287 cm³/mol. The molecule has 26 heteroatoms. The summed E-state index contributed by atoms with van der Waals surface area (Å²) >= 11 is 0. The van der Waals surface area contributed by atoms with Crippen LogP contribution in [0.5, 0.6) is 17.2 Å². The molecule has 5 saturated heterocycles. The minimum atomic E-state index is -1.96. The van der Waals surface area contributed by atoms with Gasteiger partial charge in [-0.2, -0.15) is 0 Å². The topological polar surface area (TPSA) is 359 Å². The molecular weight excluding hydrogens is 1110 g/mol. The average Bonchev–Trinajstić information content (AvgIpc) is 1.16. The van der Waals surface area contributed by atoms with E-state index in [1.165, 1.54) is 60.1 Å². The molecule has 0 unspecified atom stereocenters. The molecule has 84 heavy (non-hydrogen) atoms. The maximum atomic E-state index is 15.1. The largest absolute Gasteiger partial charge is 0.507 e. The third-order valence-electron chi connectivity index (χ3n) is 16.7. The molecule has 25 atom stereocenters. The van der Waals surface area contributed by atoms with Crippen molar-refractivity contribution in [3.05, 3.63) is 29.3 Å². The van der Waals surface area contributed by atoms with Crippen molar-refractivity contribution < 1.29 is 126 Å². The van der Waals surface area contributed by atoms with Gasteiger partial charge in [-0.15, -0.1) is 0 Å². The van der Waals surface area contributed by atoms with Crippen molar-refractivity contribution in [2.75, 3.05) is 14.2 Å². The number of hydrogen-bond donors (Lipinski definition) is 8. The number of Topliss-reactive ketones (excluding diaryl/α,β-unsaturated/α-hetero) is 2. The SMILES string of the molecule is CO[C@@H]1[C@H](O)C[C@@H](O[C@@H]2C[C@H](Oc3cc(O)c4c(O)c5c(cc4c3)C[C@@H]([C@H](OC)C(=O)[C@@H](O)[C@@H](C)O)[C@H](O[C@H]3C[C@@H](O[C@H]4C[C@@H](O[C@H]6C[C@](C)(O)[C@@H](OC(=O)C(C)C)[C@H](C)O6)[C@H](O)[C@@H](C)O4)[C@H](O)[C@@H](C)O3)C5=O)O[C@H](C)[C@@H]2OC(C)=O)O[C@@H]1C. The fourth-order valence-corrected chi connectivity index (χ4v) is 12.3. The highest BCUT2D eigenvalue weighted by Crippen LogP contribution is 2.46. The summed E-state index contributed by atoms with van der Waals surface area (Å²) in [5.74, 6) is -5.78. The van der Waals surface area contributed by atoms with Crippen LogP contribution in [0, 0.1) is 11.8 Å². The quantitative estimate of drug-likeness (QED) is 0.0931. The third-order valence-corrected chi connectivity index (χ3v) is 16.7. The van der Waals surface area contributed by atoms with Gasteiger partial charge in [0.05, 0.1) is 71.8 Å². The first-order chi connectivity index (χ1) is 39.5. The van der Waals surface area contributed by atoms with Crippen molar-refractivity contribution in [3.63, 3.8) is 0 Å². The lowest BCUT2D eigenvalue weighted by atomic mass is 9.75. The van der Waals surface area contributed by atoms with Gasteiger partial charge >= 0.3 is 11.9 Å². The summed E-state index contributed by atoms with van der Waals surface area (Å²) < 4.78 is 84.3. The molecule has 26 nitrogen and oxygen atoms in total.